The molecule has 0 saturated heterocycles. The highest BCUT2D eigenvalue weighted by Gasteiger charge is 2.08. The molecule has 0 aliphatic heterocycles. The van der Waals surface area contributed by atoms with Gasteiger partial charge in [-0.3, -0.25) is 4.79 Å². The summed E-state index contributed by atoms with van der Waals surface area (Å²) in [6, 6.07) is 9.20. The molecule has 0 aliphatic rings. The molecule has 1 aromatic carbocycles. The number of thiophene rings is 1. The highest BCUT2D eigenvalue weighted by Crippen LogP contribution is 2.29. The summed E-state index contributed by atoms with van der Waals surface area (Å²) in [5, 5.41) is 2.84. The molecule has 0 bridgehead atoms. The summed E-state index contributed by atoms with van der Waals surface area (Å²) in [7, 11) is 1.38. The molecule has 0 atom stereocenters. The van der Waals surface area contributed by atoms with Gasteiger partial charge in [0.25, 0.3) is 0 Å². The van der Waals surface area contributed by atoms with Crippen LogP contribution in [-0.4, -0.2) is 23.0 Å². The SMILES string of the molecule is COC(=O)Cc1ccc(Oc2ncnc3sccc23)cc1. The molecule has 21 heavy (non-hydrogen) atoms. The van der Waals surface area contributed by atoms with E-state index in [4.69, 9.17) is 4.74 Å². The largest absolute Gasteiger partial charge is 0.469 e. The van der Waals surface area contributed by atoms with E-state index >= 15 is 0 Å². The van der Waals surface area contributed by atoms with Crippen LogP contribution in [0.5, 0.6) is 11.6 Å². The number of ether oxygens (including phenoxy) is 2. The summed E-state index contributed by atoms with van der Waals surface area (Å²) in [6.45, 7) is 0. The Hall–Kier alpha value is -2.47. The van der Waals surface area contributed by atoms with Crippen molar-refractivity contribution in [1.82, 2.24) is 9.97 Å². The zero-order valence-corrected chi connectivity index (χ0v) is 12.1. The summed E-state index contributed by atoms with van der Waals surface area (Å²) in [4.78, 5) is 20.4. The Morgan fingerprint density at radius 3 is 2.76 bits per heavy atom. The molecule has 0 aliphatic carbocycles. The number of hydrogen-bond acceptors (Lipinski definition) is 6. The van der Waals surface area contributed by atoms with Crippen LogP contribution in [0.1, 0.15) is 5.56 Å². The third kappa shape index (κ3) is 3.00. The van der Waals surface area contributed by atoms with Gasteiger partial charge in [0.15, 0.2) is 0 Å². The van der Waals surface area contributed by atoms with Gasteiger partial charge in [-0.1, -0.05) is 12.1 Å². The van der Waals surface area contributed by atoms with E-state index in [1.165, 1.54) is 13.4 Å². The zero-order chi connectivity index (χ0) is 14.7. The normalized spacial score (nSPS) is 10.5. The lowest BCUT2D eigenvalue weighted by atomic mass is 10.1. The number of methoxy groups -OCH3 is 1. The van der Waals surface area contributed by atoms with Crippen LogP contribution in [0.25, 0.3) is 10.2 Å². The van der Waals surface area contributed by atoms with Crippen molar-refractivity contribution in [2.75, 3.05) is 7.11 Å². The fraction of sp³-hybridized carbons (Fsp3) is 0.133. The molecule has 106 valence electrons. The van der Waals surface area contributed by atoms with Crippen LogP contribution in [0.4, 0.5) is 0 Å². The maximum atomic E-state index is 11.2. The van der Waals surface area contributed by atoms with E-state index in [0.717, 1.165) is 15.8 Å². The average molecular weight is 300 g/mol. The minimum Gasteiger partial charge on any atom is -0.469 e. The van der Waals surface area contributed by atoms with Gasteiger partial charge in [0, 0.05) is 0 Å². The second kappa shape index (κ2) is 5.88. The van der Waals surface area contributed by atoms with Crippen molar-refractivity contribution in [3.63, 3.8) is 0 Å². The monoisotopic (exact) mass is 300 g/mol. The quantitative estimate of drug-likeness (QED) is 0.692. The van der Waals surface area contributed by atoms with Crippen LogP contribution in [0, 0.1) is 0 Å². The van der Waals surface area contributed by atoms with Gasteiger partial charge in [-0.2, -0.15) is 0 Å². The Bertz CT molecular complexity index is 768. The van der Waals surface area contributed by atoms with Crippen LogP contribution in [-0.2, 0) is 16.0 Å². The number of carbonyl (C=O) groups is 1. The Morgan fingerprint density at radius 1 is 1.19 bits per heavy atom. The first kappa shape index (κ1) is 13.5. The zero-order valence-electron chi connectivity index (χ0n) is 11.3. The average Bonchev–Trinajstić information content (AvgIpc) is 2.99. The molecule has 2 aromatic heterocycles. The van der Waals surface area contributed by atoms with Gasteiger partial charge >= 0.3 is 5.97 Å². The Kier molecular flexibility index (Phi) is 3.79. The van der Waals surface area contributed by atoms with Crippen molar-refractivity contribution < 1.29 is 14.3 Å². The molecular formula is C15H12N2O3S. The summed E-state index contributed by atoms with van der Waals surface area (Å²) in [6.07, 6.45) is 1.73. The summed E-state index contributed by atoms with van der Waals surface area (Å²) >= 11 is 1.54. The maximum absolute atomic E-state index is 11.2. The first-order chi connectivity index (χ1) is 10.3. The van der Waals surface area contributed by atoms with E-state index < -0.39 is 0 Å². The van der Waals surface area contributed by atoms with Crippen molar-refractivity contribution in [2.24, 2.45) is 0 Å². The van der Waals surface area contributed by atoms with Crippen LogP contribution in [0.15, 0.2) is 42.0 Å². The number of hydrogen-bond donors (Lipinski definition) is 0. The van der Waals surface area contributed by atoms with E-state index in [-0.39, 0.29) is 12.4 Å². The van der Waals surface area contributed by atoms with Crippen molar-refractivity contribution in [3.05, 3.63) is 47.6 Å². The molecule has 0 spiro atoms. The molecule has 5 nitrogen and oxygen atoms in total. The molecule has 0 N–H and O–H groups in total. The molecule has 6 heteroatoms. The predicted octanol–water partition coefficient (Wildman–Crippen LogP) is 3.20. The third-order valence-electron chi connectivity index (χ3n) is 2.94. The number of benzene rings is 1. The van der Waals surface area contributed by atoms with Gasteiger partial charge in [0.05, 0.1) is 18.9 Å². The Labute approximate surface area is 125 Å². The highest BCUT2D eigenvalue weighted by molar-refractivity contribution is 7.16. The minimum atomic E-state index is -0.264. The summed E-state index contributed by atoms with van der Waals surface area (Å²) in [5.41, 5.74) is 0.873. The fourth-order valence-corrected chi connectivity index (χ4v) is 2.60. The van der Waals surface area contributed by atoms with Gasteiger partial charge in [-0.15, -0.1) is 11.3 Å². The summed E-state index contributed by atoms with van der Waals surface area (Å²) in [5.74, 6) is 0.927. The number of esters is 1. The highest BCUT2D eigenvalue weighted by atomic mass is 32.1. The van der Waals surface area contributed by atoms with Crippen molar-refractivity contribution >= 4 is 27.5 Å². The number of carbonyl (C=O) groups excluding carboxylic acids is 1. The lowest BCUT2D eigenvalue weighted by molar-refractivity contribution is -0.139. The van der Waals surface area contributed by atoms with E-state index in [1.54, 1.807) is 23.5 Å². The smallest absolute Gasteiger partial charge is 0.309 e. The minimum absolute atomic E-state index is 0.249. The summed E-state index contributed by atoms with van der Waals surface area (Å²) < 4.78 is 10.4. The Balaban J connectivity index is 1.79. The number of rotatable bonds is 4. The van der Waals surface area contributed by atoms with Gasteiger partial charge < -0.3 is 9.47 Å². The lowest BCUT2D eigenvalue weighted by Crippen LogP contribution is -2.04. The van der Waals surface area contributed by atoms with E-state index in [1.807, 2.05) is 23.6 Å². The molecule has 0 saturated carbocycles. The van der Waals surface area contributed by atoms with Crippen molar-refractivity contribution in [3.8, 4) is 11.6 Å². The molecule has 3 aromatic rings. The van der Waals surface area contributed by atoms with Gasteiger partial charge in [0.2, 0.25) is 5.88 Å². The van der Waals surface area contributed by atoms with Crippen molar-refractivity contribution in [2.45, 2.75) is 6.42 Å². The predicted molar refractivity (Wildman–Crippen MR) is 79.7 cm³/mol. The standard InChI is InChI=1S/C15H12N2O3S/c1-19-13(18)8-10-2-4-11(5-3-10)20-14-12-6-7-21-15(12)17-9-16-14/h2-7,9H,8H2,1H3. The number of nitrogens with zero attached hydrogens (tertiary/aromatic N) is 2. The first-order valence-electron chi connectivity index (χ1n) is 6.28. The second-order valence-corrected chi connectivity index (χ2v) is 5.21. The van der Waals surface area contributed by atoms with Crippen molar-refractivity contribution in [1.29, 1.82) is 0 Å². The lowest BCUT2D eigenvalue weighted by Gasteiger charge is -2.06. The Morgan fingerprint density at radius 2 is 2.00 bits per heavy atom. The molecule has 0 unspecified atom stereocenters. The van der Waals surface area contributed by atoms with E-state index in [2.05, 4.69) is 14.7 Å². The molecule has 0 amide bonds. The van der Waals surface area contributed by atoms with Crippen LogP contribution in [0.3, 0.4) is 0 Å². The number of aromatic nitrogens is 2. The molecule has 3 rings (SSSR count). The third-order valence-corrected chi connectivity index (χ3v) is 3.76. The first-order valence-corrected chi connectivity index (χ1v) is 7.16. The second-order valence-electron chi connectivity index (χ2n) is 4.32. The van der Waals surface area contributed by atoms with E-state index in [9.17, 15) is 4.79 Å². The fourth-order valence-electron chi connectivity index (χ4n) is 1.87. The maximum Gasteiger partial charge on any atom is 0.309 e. The van der Waals surface area contributed by atoms with Gasteiger partial charge in [0.1, 0.15) is 16.9 Å². The molecule has 0 radical (unpaired) electrons. The van der Waals surface area contributed by atoms with Gasteiger partial charge in [-0.05, 0) is 29.1 Å². The van der Waals surface area contributed by atoms with Crippen LogP contribution >= 0.6 is 11.3 Å². The van der Waals surface area contributed by atoms with Gasteiger partial charge in [-0.25, -0.2) is 9.97 Å². The molecular weight excluding hydrogens is 288 g/mol. The number of fused-ring (bicyclic) bond motifs is 1. The van der Waals surface area contributed by atoms with E-state index in [0.29, 0.717) is 11.6 Å². The molecule has 0 fully saturated rings. The topological polar surface area (TPSA) is 61.3 Å². The molecule has 2 heterocycles. The van der Waals surface area contributed by atoms with Crippen LogP contribution < -0.4 is 4.74 Å². The van der Waals surface area contributed by atoms with Crippen LogP contribution in [0.2, 0.25) is 0 Å².